The topological polar surface area (TPSA) is 21.7 Å². The van der Waals surface area contributed by atoms with Crippen molar-refractivity contribution in [1.82, 2.24) is 9.90 Å². The molecule has 1 aromatic carbocycles. The van der Waals surface area contributed by atoms with Crippen LogP contribution in [0, 0.1) is 0 Å². The van der Waals surface area contributed by atoms with Crippen molar-refractivity contribution in [1.29, 1.82) is 0 Å². The van der Waals surface area contributed by atoms with Gasteiger partial charge in [-0.15, -0.1) is 9.36 Å². The predicted molar refractivity (Wildman–Crippen MR) is 72.2 cm³/mol. The second-order valence-electron chi connectivity index (χ2n) is 5.65. The Bertz CT molecular complexity index is 497. The molecule has 3 nitrogen and oxygen atoms in total. The van der Waals surface area contributed by atoms with Gasteiger partial charge in [0, 0.05) is 5.56 Å². The lowest BCUT2D eigenvalue weighted by molar-refractivity contribution is -0.722. The quantitative estimate of drug-likeness (QED) is 0.601. The van der Waals surface area contributed by atoms with E-state index in [-0.39, 0.29) is 0 Å². The number of benzene rings is 1. The summed E-state index contributed by atoms with van der Waals surface area (Å²) in [6.07, 6.45) is 3.21. The van der Waals surface area contributed by atoms with E-state index < -0.39 is 8.07 Å². The second-order valence-corrected chi connectivity index (χ2v) is 11.1. The van der Waals surface area contributed by atoms with E-state index in [0.717, 1.165) is 6.17 Å². The Morgan fingerprint density at radius 2 is 1.82 bits per heavy atom. The first-order chi connectivity index (χ1) is 7.96. The van der Waals surface area contributed by atoms with Gasteiger partial charge in [-0.2, -0.15) is 0 Å². The van der Waals surface area contributed by atoms with Gasteiger partial charge in [-0.1, -0.05) is 50.0 Å². The van der Waals surface area contributed by atoms with Crippen LogP contribution >= 0.6 is 0 Å². The fraction of sp³-hybridized carbons (Fsp3) is 0.385. The Labute approximate surface area is 104 Å². The van der Waals surface area contributed by atoms with E-state index in [1.807, 2.05) is 17.8 Å². The Balaban J connectivity index is 2.32. The van der Waals surface area contributed by atoms with Crippen LogP contribution in [0.2, 0.25) is 19.6 Å². The van der Waals surface area contributed by atoms with Crippen LogP contribution in [0.25, 0.3) is 11.3 Å². The predicted octanol–water partition coefficient (Wildman–Crippen LogP) is 2.25. The van der Waals surface area contributed by atoms with Crippen molar-refractivity contribution in [2.75, 3.05) is 0 Å². The van der Waals surface area contributed by atoms with Crippen LogP contribution in [0.4, 0.5) is 0 Å². The van der Waals surface area contributed by atoms with Gasteiger partial charge in [0.2, 0.25) is 0 Å². The summed E-state index contributed by atoms with van der Waals surface area (Å²) in [5, 5.41) is 4.54. The Kier molecular flexibility index (Phi) is 3.15. The van der Waals surface area contributed by atoms with Crippen LogP contribution in [0.5, 0.6) is 0 Å². The molecule has 0 N–H and O–H groups in total. The van der Waals surface area contributed by atoms with Gasteiger partial charge in [-0.25, -0.2) is 0 Å². The summed E-state index contributed by atoms with van der Waals surface area (Å²) in [7, 11) is 0.882. The summed E-state index contributed by atoms with van der Waals surface area (Å²) >= 11 is 0. The van der Waals surface area contributed by atoms with Gasteiger partial charge in [-0.05, 0) is 0 Å². The lowest BCUT2D eigenvalue weighted by Crippen LogP contribution is -2.35. The molecule has 0 spiro atoms. The van der Waals surface area contributed by atoms with Gasteiger partial charge in [-0.3, -0.25) is 0 Å². The van der Waals surface area contributed by atoms with Crippen molar-refractivity contribution in [2.24, 2.45) is 7.05 Å². The number of rotatable bonds is 3. The van der Waals surface area contributed by atoms with Crippen molar-refractivity contribution in [3.05, 3.63) is 36.5 Å². The standard InChI is InChI=1S/C13H20N3Si/c1-15-13(12-8-6-5-7-9-12)10-16(14-15)11-17(2,3)4/h5-10H,11H2,1-4H3/q+1. The highest BCUT2D eigenvalue weighted by atomic mass is 28.3. The maximum absolute atomic E-state index is 4.54. The minimum atomic E-state index is -1.12. The molecule has 0 aliphatic carbocycles. The fourth-order valence-corrected chi connectivity index (χ4v) is 3.03. The largest absolute Gasteiger partial charge is 0.197 e. The van der Waals surface area contributed by atoms with Crippen molar-refractivity contribution in [2.45, 2.75) is 25.8 Å². The zero-order valence-corrected chi connectivity index (χ0v) is 12.0. The smallest absolute Gasteiger partial charge is 0.141 e. The third-order valence-electron chi connectivity index (χ3n) is 2.57. The van der Waals surface area contributed by atoms with Crippen molar-refractivity contribution >= 4 is 8.07 Å². The molecule has 0 atom stereocenters. The van der Waals surface area contributed by atoms with E-state index in [2.05, 4.69) is 60.0 Å². The Hall–Kier alpha value is -1.42. The first-order valence-electron chi connectivity index (χ1n) is 5.95. The molecule has 0 fully saturated rings. The number of aromatic nitrogens is 3. The van der Waals surface area contributed by atoms with Crippen LogP contribution in [-0.4, -0.2) is 18.0 Å². The molecule has 0 unspecified atom stereocenters. The molecule has 0 saturated heterocycles. The Morgan fingerprint density at radius 1 is 1.18 bits per heavy atom. The highest BCUT2D eigenvalue weighted by Gasteiger charge is 2.21. The van der Waals surface area contributed by atoms with Gasteiger partial charge >= 0.3 is 0 Å². The molecule has 0 saturated carbocycles. The second kappa shape index (κ2) is 4.45. The van der Waals surface area contributed by atoms with Gasteiger partial charge < -0.3 is 0 Å². The third kappa shape index (κ3) is 3.03. The average Bonchev–Trinajstić information content (AvgIpc) is 2.58. The Morgan fingerprint density at radius 3 is 2.41 bits per heavy atom. The van der Waals surface area contributed by atoms with Crippen molar-refractivity contribution < 1.29 is 4.68 Å². The highest BCUT2D eigenvalue weighted by Crippen LogP contribution is 2.14. The molecule has 0 aliphatic heterocycles. The molecular weight excluding hydrogens is 226 g/mol. The molecular formula is C13H20N3Si+. The number of hydrogen-bond donors (Lipinski definition) is 0. The average molecular weight is 246 g/mol. The summed E-state index contributed by atoms with van der Waals surface area (Å²) in [6.45, 7) is 7.07. The van der Waals surface area contributed by atoms with Gasteiger partial charge in [0.1, 0.15) is 13.2 Å². The molecule has 17 heavy (non-hydrogen) atoms. The molecule has 0 bridgehead atoms. The van der Waals surface area contributed by atoms with Crippen LogP contribution in [0.3, 0.4) is 0 Å². The summed E-state index contributed by atoms with van der Waals surface area (Å²) in [5.41, 5.74) is 2.39. The first-order valence-corrected chi connectivity index (χ1v) is 9.66. The van der Waals surface area contributed by atoms with Gasteiger partial charge in [0.15, 0.2) is 11.9 Å². The van der Waals surface area contributed by atoms with Crippen molar-refractivity contribution in [3.8, 4) is 11.3 Å². The number of nitrogens with zero attached hydrogens (tertiary/aromatic N) is 3. The molecule has 1 heterocycles. The van der Waals surface area contributed by atoms with E-state index in [9.17, 15) is 0 Å². The maximum Gasteiger partial charge on any atom is 0.197 e. The molecule has 0 aliphatic rings. The summed E-state index contributed by atoms with van der Waals surface area (Å²) in [6, 6.07) is 10.4. The minimum Gasteiger partial charge on any atom is -0.141 e. The fourth-order valence-electron chi connectivity index (χ4n) is 1.90. The van der Waals surface area contributed by atoms with E-state index in [1.54, 1.807) is 0 Å². The lowest BCUT2D eigenvalue weighted by atomic mass is 10.2. The summed E-state index contributed by atoms with van der Waals surface area (Å²) in [4.78, 5) is 0. The molecule has 2 aromatic rings. The molecule has 90 valence electrons. The monoisotopic (exact) mass is 246 g/mol. The van der Waals surface area contributed by atoms with E-state index in [0.29, 0.717) is 0 Å². The number of aryl methyl sites for hydroxylation is 1. The lowest BCUT2D eigenvalue weighted by Gasteiger charge is -2.09. The van der Waals surface area contributed by atoms with Crippen LogP contribution in [0.15, 0.2) is 36.5 Å². The SMILES string of the molecule is C[n+]1nn(C[Si](C)(C)C)cc1-c1ccccc1. The molecule has 0 radical (unpaired) electrons. The minimum absolute atomic E-state index is 1.06. The zero-order chi connectivity index (χ0) is 12.5. The third-order valence-corrected chi connectivity index (χ3v) is 3.85. The highest BCUT2D eigenvalue weighted by molar-refractivity contribution is 6.74. The van der Waals surface area contributed by atoms with Crippen LogP contribution < -0.4 is 4.68 Å². The van der Waals surface area contributed by atoms with Gasteiger partial charge in [0.05, 0.1) is 13.3 Å². The molecule has 2 rings (SSSR count). The molecule has 0 amide bonds. The van der Waals surface area contributed by atoms with E-state index in [4.69, 9.17) is 0 Å². The first kappa shape index (κ1) is 12.0. The van der Waals surface area contributed by atoms with E-state index in [1.165, 1.54) is 11.3 Å². The summed E-state index contributed by atoms with van der Waals surface area (Å²) in [5.74, 6) is 0. The maximum atomic E-state index is 4.54. The van der Waals surface area contributed by atoms with Gasteiger partial charge in [0.25, 0.3) is 0 Å². The molecule has 1 aromatic heterocycles. The van der Waals surface area contributed by atoms with Crippen LogP contribution in [0.1, 0.15) is 0 Å². The molecule has 4 heteroatoms. The summed E-state index contributed by atoms with van der Waals surface area (Å²) < 4.78 is 4.03. The normalized spacial score (nSPS) is 11.8. The zero-order valence-electron chi connectivity index (χ0n) is 11.0. The van der Waals surface area contributed by atoms with E-state index >= 15 is 0 Å². The van der Waals surface area contributed by atoms with Crippen LogP contribution in [-0.2, 0) is 13.2 Å². The number of hydrogen-bond acceptors (Lipinski definition) is 1. The van der Waals surface area contributed by atoms with Crippen molar-refractivity contribution in [3.63, 3.8) is 0 Å².